The molecule has 0 aromatic heterocycles. The van der Waals surface area contributed by atoms with Gasteiger partial charge in [-0.3, -0.25) is 19.4 Å². The van der Waals surface area contributed by atoms with Crippen molar-refractivity contribution in [1.82, 2.24) is 4.90 Å². The number of ketones is 2. The average Bonchev–Trinajstić information content (AvgIpc) is 2.49. The number of piperidine rings is 1. The number of aliphatic imine (C=N–C) groups is 1. The normalized spacial score (nSPS) is 23.7. The first-order valence-corrected chi connectivity index (χ1v) is 8.65. The Morgan fingerprint density at radius 1 is 1.22 bits per heavy atom. The third kappa shape index (κ3) is 4.72. The molecule has 0 aromatic rings. The molecule has 2 aliphatic rings. The molecule has 5 nitrogen and oxygen atoms in total. The van der Waals surface area contributed by atoms with E-state index in [9.17, 15) is 14.4 Å². The minimum absolute atomic E-state index is 0.00152. The van der Waals surface area contributed by atoms with Gasteiger partial charge in [-0.2, -0.15) is 0 Å². The van der Waals surface area contributed by atoms with Crippen molar-refractivity contribution < 1.29 is 14.4 Å². The highest BCUT2D eigenvalue weighted by Gasteiger charge is 2.38. The van der Waals surface area contributed by atoms with Crippen LogP contribution in [0.15, 0.2) is 4.99 Å². The van der Waals surface area contributed by atoms with Crippen molar-refractivity contribution in [2.45, 2.75) is 52.9 Å². The lowest BCUT2D eigenvalue weighted by molar-refractivity contribution is -0.136. The Hall–Kier alpha value is -1.52. The summed E-state index contributed by atoms with van der Waals surface area (Å²) >= 11 is 0. The number of Topliss-reactive ketones (excluding diaryl/α,β-unsaturated/α-hetero) is 2. The van der Waals surface area contributed by atoms with Crippen LogP contribution in [0.2, 0.25) is 0 Å². The predicted molar refractivity (Wildman–Crippen MR) is 89.5 cm³/mol. The molecule has 0 bridgehead atoms. The molecule has 23 heavy (non-hydrogen) atoms. The highest BCUT2D eigenvalue weighted by molar-refractivity contribution is 6.16. The van der Waals surface area contributed by atoms with Crippen LogP contribution >= 0.6 is 0 Å². The third-order valence-electron chi connectivity index (χ3n) is 4.89. The van der Waals surface area contributed by atoms with E-state index in [-0.39, 0.29) is 22.9 Å². The van der Waals surface area contributed by atoms with Crippen molar-refractivity contribution in [1.29, 1.82) is 0 Å². The van der Waals surface area contributed by atoms with E-state index in [1.165, 1.54) is 0 Å². The lowest BCUT2D eigenvalue weighted by atomic mass is 9.72. The second-order valence-electron chi connectivity index (χ2n) is 7.62. The van der Waals surface area contributed by atoms with Crippen LogP contribution < -0.4 is 0 Å². The maximum absolute atomic E-state index is 12.1. The summed E-state index contributed by atoms with van der Waals surface area (Å²) in [5.41, 5.74) is -0.211. The van der Waals surface area contributed by atoms with Gasteiger partial charge in [0.25, 0.3) is 0 Å². The first kappa shape index (κ1) is 17.8. The van der Waals surface area contributed by atoms with E-state index in [4.69, 9.17) is 0 Å². The van der Waals surface area contributed by atoms with E-state index in [2.05, 4.69) is 4.99 Å². The van der Waals surface area contributed by atoms with Crippen LogP contribution in [-0.2, 0) is 14.4 Å². The van der Waals surface area contributed by atoms with Crippen LogP contribution in [-0.4, -0.2) is 48.2 Å². The molecule has 1 heterocycles. The molecule has 1 saturated carbocycles. The van der Waals surface area contributed by atoms with E-state index in [1.54, 1.807) is 6.21 Å². The summed E-state index contributed by atoms with van der Waals surface area (Å²) < 4.78 is 0. The summed E-state index contributed by atoms with van der Waals surface area (Å²) in [4.78, 5) is 42.1. The van der Waals surface area contributed by atoms with Gasteiger partial charge in [-0.15, -0.1) is 0 Å². The van der Waals surface area contributed by atoms with E-state index < -0.39 is 5.92 Å². The van der Waals surface area contributed by atoms with Gasteiger partial charge in [0.05, 0.1) is 0 Å². The average molecular weight is 320 g/mol. The Kier molecular flexibility index (Phi) is 5.71. The Morgan fingerprint density at radius 3 is 2.30 bits per heavy atom. The van der Waals surface area contributed by atoms with Crippen molar-refractivity contribution in [3.05, 3.63) is 0 Å². The van der Waals surface area contributed by atoms with Gasteiger partial charge in [0.15, 0.2) is 0 Å². The second-order valence-corrected chi connectivity index (χ2v) is 7.62. The van der Waals surface area contributed by atoms with E-state index in [1.807, 2.05) is 25.7 Å². The van der Waals surface area contributed by atoms with Crippen molar-refractivity contribution in [3.8, 4) is 0 Å². The molecule has 2 fully saturated rings. The molecule has 0 spiro atoms. The molecule has 0 unspecified atom stereocenters. The van der Waals surface area contributed by atoms with Gasteiger partial charge in [-0.05, 0) is 24.2 Å². The Labute approximate surface area is 138 Å². The summed E-state index contributed by atoms with van der Waals surface area (Å²) in [5, 5.41) is 0. The van der Waals surface area contributed by atoms with E-state index >= 15 is 0 Å². The smallest absolute Gasteiger partial charge is 0.222 e. The number of rotatable bonds is 4. The van der Waals surface area contributed by atoms with Crippen molar-refractivity contribution in [2.24, 2.45) is 22.2 Å². The fourth-order valence-corrected chi connectivity index (χ4v) is 3.48. The number of carbonyl (C=O) groups excluding carboxylic acids is 3. The van der Waals surface area contributed by atoms with Crippen molar-refractivity contribution >= 4 is 23.7 Å². The standard InChI is InChI=1S/C18H28N2O3/c1-4-17(23)20-7-5-13(6-8-20)11-19-12-14-15(21)9-18(2,3)10-16(14)22/h12-14H,4-11H2,1-3H3. The number of likely N-dealkylation sites (tertiary alicyclic amines) is 1. The number of hydrogen-bond donors (Lipinski definition) is 0. The van der Waals surface area contributed by atoms with Crippen LogP contribution in [0, 0.1) is 17.3 Å². The molecular formula is C18H28N2O3. The lowest BCUT2D eigenvalue weighted by Crippen LogP contribution is -2.39. The summed E-state index contributed by atoms with van der Waals surface area (Å²) in [5.74, 6) is 0.0202. The maximum atomic E-state index is 12.1. The molecule has 1 aliphatic heterocycles. The van der Waals surface area contributed by atoms with Crippen LogP contribution in [0.5, 0.6) is 0 Å². The quantitative estimate of drug-likeness (QED) is 0.589. The zero-order chi connectivity index (χ0) is 17.0. The predicted octanol–water partition coefficient (Wildman–Crippen LogP) is 2.28. The maximum Gasteiger partial charge on any atom is 0.222 e. The monoisotopic (exact) mass is 320 g/mol. The van der Waals surface area contributed by atoms with Gasteiger partial charge in [-0.1, -0.05) is 20.8 Å². The molecule has 0 radical (unpaired) electrons. The summed E-state index contributed by atoms with van der Waals surface area (Å²) in [6, 6.07) is 0. The first-order valence-electron chi connectivity index (χ1n) is 8.65. The van der Waals surface area contributed by atoms with Gasteiger partial charge < -0.3 is 4.90 Å². The third-order valence-corrected chi connectivity index (χ3v) is 4.89. The highest BCUT2D eigenvalue weighted by atomic mass is 16.2. The van der Waals surface area contributed by atoms with Crippen LogP contribution in [0.25, 0.3) is 0 Å². The summed E-state index contributed by atoms with van der Waals surface area (Å²) in [7, 11) is 0. The number of carbonyl (C=O) groups is 3. The van der Waals surface area contributed by atoms with Gasteiger partial charge in [0.1, 0.15) is 17.5 Å². The van der Waals surface area contributed by atoms with Crippen molar-refractivity contribution in [2.75, 3.05) is 19.6 Å². The van der Waals surface area contributed by atoms with Gasteiger partial charge in [0.2, 0.25) is 5.91 Å². The van der Waals surface area contributed by atoms with Crippen LogP contribution in [0.1, 0.15) is 52.9 Å². The largest absolute Gasteiger partial charge is 0.343 e. The molecule has 1 amide bonds. The molecule has 1 saturated heterocycles. The van der Waals surface area contributed by atoms with E-state index in [0.29, 0.717) is 31.7 Å². The molecular weight excluding hydrogens is 292 g/mol. The molecule has 0 N–H and O–H groups in total. The Balaban J connectivity index is 1.80. The molecule has 128 valence electrons. The van der Waals surface area contributed by atoms with Gasteiger partial charge in [0, 0.05) is 45.1 Å². The topological polar surface area (TPSA) is 66.8 Å². The van der Waals surface area contributed by atoms with E-state index in [0.717, 1.165) is 25.9 Å². The number of nitrogens with zero attached hydrogens (tertiary/aromatic N) is 2. The van der Waals surface area contributed by atoms with Gasteiger partial charge in [-0.25, -0.2) is 0 Å². The Bertz CT molecular complexity index is 482. The summed E-state index contributed by atoms with van der Waals surface area (Å²) in [6.07, 6.45) is 4.93. The fraction of sp³-hybridized carbons (Fsp3) is 0.778. The molecule has 0 atom stereocenters. The zero-order valence-electron chi connectivity index (χ0n) is 14.5. The van der Waals surface area contributed by atoms with Gasteiger partial charge >= 0.3 is 0 Å². The first-order chi connectivity index (χ1) is 10.8. The number of hydrogen-bond acceptors (Lipinski definition) is 4. The molecule has 0 aromatic carbocycles. The Morgan fingerprint density at radius 2 is 1.78 bits per heavy atom. The summed E-state index contributed by atoms with van der Waals surface area (Å²) in [6.45, 7) is 8.04. The fourth-order valence-electron chi connectivity index (χ4n) is 3.48. The number of amides is 1. The zero-order valence-corrected chi connectivity index (χ0v) is 14.5. The van der Waals surface area contributed by atoms with Crippen LogP contribution in [0.4, 0.5) is 0 Å². The molecule has 5 heteroatoms. The minimum Gasteiger partial charge on any atom is -0.343 e. The highest BCUT2D eigenvalue weighted by Crippen LogP contribution is 2.33. The SMILES string of the molecule is CCC(=O)N1CCC(CN=CC2C(=O)CC(C)(C)CC2=O)CC1. The molecule has 2 rings (SSSR count). The minimum atomic E-state index is -0.634. The lowest BCUT2D eigenvalue weighted by Gasteiger charge is -2.31. The second kappa shape index (κ2) is 7.37. The van der Waals surface area contributed by atoms with Crippen LogP contribution in [0.3, 0.4) is 0 Å². The molecule has 1 aliphatic carbocycles. The van der Waals surface area contributed by atoms with Crippen molar-refractivity contribution in [3.63, 3.8) is 0 Å².